The Labute approximate surface area is 94.0 Å². The summed E-state index contributed by atoms with van der Waals surface area (Å²) in [5, 5.41) is 0. The number of carbonyl (C=O) groups excluding carboxylic acids is 2. The molecule has 2 rings (SSSR count). The highest BCUT2D eigenvalue weighted by Crippen LogP contribution is 2.16. The van der Waals surface area contributed by atoms with Gasteiger partial charge in [-0.1, -0.05) is 30.3 Å². The summed E-state index contributed by atoms with van der Waals surface area (Å²) in [5.74, 6) is -0.410. The van der Waals surface area contributed by atoms with Gasteiger partial charge in [0.1, 0.15) is 0 Å². The van der Waals surface area contributed by atoms with Gasteiger partial charge in [0.15, 0.2) is 0 Å². The zero-order chi connectivity index (χ0) is 11.5. The van der Waals surface area contributed by atoms with Crippen LogP contribution in [0.3, 0.4) is 0 Å². The fourth-order valence-electron chi connectivity index (χ4n) is 1.74. The zero-order valence-electron chi connectivity index (χ0n) is 8.93. The second kappa shape index (κ2) is 4.35. The Balaban J connectivity index is 1.85. The van der Waals surface area contributed by atoms with E-state index in [4.69, 9.17) is 5.73 Å². The summed E-state index contributed by atoms with van der Waals surface area (Å²) in [6.07, 6.45) is 0.395. The molecule has 0 spiro atoms. The van der Waals surface area contributed by atoms with Crippen LogP contribution in [0, 0.1) is 5.92 Å². The molecule has 1 aromatic carbocycles. The molecule has 0 aromatic heterocycles. The molecular weight excluding hydrogens is 204 g/mol. The molecule has 2 amide bonds. The summed E-state index contributed by atoms with van der Waals surface area (Å²) in [6.45, 7) is 0.946. The predicted molar refractivity (Wildman–Crippen MR) is 59.4 cm³/mol. The minimum absolute atomic E-state index is 0.0590. The van der Waals surface area contributed by atoms with Crippen LogP contribution in [0.4, 0.5) is 0 Å². The largest absolute Gasteiger partial charge is 0.369 e. The first-order chi connectivity index (χ1) is 7.66. The molecule has 2 N–H and O–H groups in total. The van der Waals surface area contributed by atoms with E-state index in [0.717, 1.165) is 5.56 Å². The van der Waals surface area contributed by atoms with Crippen LogP contribution >= 0.6 is 0 Å². The summed E-state index contributed by atoms with van der Waals surface area (Å²) in [7, 11) is 0. The van der Waals surface area contributed by atoms with Gasteiger partial charge in [-0.25, -0.2) is 0 Å². The van der Waals surface area contributed by atoms with Crippen LogP contribution < -0.4 is 5.73 Å². The van der Waals surface area contributed by atoms with Gasteiger partial charge in [0, 0.05) is 13.1 Å². The average Bonchev–Trinajstić information content (AvgIpc) is 2.15. The standard InChI is InChI=1S/C12H14N2O2/c13-12(16)10-7-14(8-10)11(15)6-9-4-2-1-3-5-9/h1-5,10H,6-8H2,(H2,13,16). The van der Waals surface area contributed by atoms with Crippen molar-refractivity contribution in [3.05, 3.63) is 35.9 Å². The van der Waals surface area contributed by atoms with Crippen LogP contribution in [0.5, 0.6) is 0 Å². The Hall–Kier alpha value is -1.84. The maximum atomic E-state index is 11.7. The number of hydrogen-bond acceptors (Lipinski definition) is 2. The molecule has 0 radical (unpaired) electrons. The fourth-order valence-corrected chi connectivity index (χ4v) is 1.74. The van der Waals surface area contributed by atoms with Gasteiger partial charge < -0.3 is 10.6 Å². The van der Waals surface area contributed by atoms with Gasteiger partial charge in [-0.3, -0.25) is 9.59 Å². The van der Waals surface area contributed by atoms with E-state index in [2.05, 4.69) is 0 Å². The van der Waals surface area contributed by atoms with Crippen LogP contribution in [-0.2, 0) is 16.0 Å². The molecule has 0 saturated carbocycles. The first-order valence-electron chi connectivity index (χ1n) is 5.28. The number of likely N-dealkylation sites (tertiary alicyclic amines) is 1. The number of benzene rings is 1. The molecule has 4 nitrogen and oxygen atoms in total. The zero-order valence-corrected chi connectivity index (χ0v) is 8.93. The van der Waals surface area contributed by atoms with Crippen molar-refractivity contribution in [1.82, 2.24) is 4.90 Å². The molecule has 84 valence electrons. The van der Waals surface area contributed by atoms with Crippen LogP contribution in [0.1, 0.15) is 5.56 Å². The van der Waals surface area contributed by atoms with E-state index in [1.807, 2.05) is 30.3 Å². The molecule has 1 aliphatic rings. The first-order valence-corrected chi connectivity index (χ1v) is 5.28. The van der Waals surface area contributed by atoms with Crippen molar-refractivity contribution in [2.75, 3.05) is 13.1 Å². The van der Waals surface area contributed by atoms with E-state index in [-0.39, 0.29) is 17.7 Å². The molecule has 1 aromatic rings. The third-order valence-corrected chi connectivity index (χ3v) is 2.83. The van der Waals surface area contributed by atoms with E-state index in [1.54, 1.807) is 4.90 Å². The number of amides is 2. The van der Waals surface area contributed by atoms with Crippen LogP contribution in [-0.4, -0.2) is 29.8 Å². The normalized spacial score (nSPS) is 15.6. The Morgan fingerprint density at radius 2 is 1.88 bits per heavy atom. The van der Waals surface area contributed by atoms with Gasteiger partial charge in [0.25, 0.3) is 0 Å². The molecule has 0 aliphatic carbocycles. The molecule has 0 bridgehead atoms. The number of carbonyl (C=O) groups is 2. The molecule has 0 atom stereocenters. The number of rotatable bonds is 3. The van der Waals surface area contributed by atoms with E-state index < -0.39 is 0 Å². The average molecular weight is 218 g/mol. The summed E-state index contributed by atoms with van der Waals surface area (Å²) < 4.78 is 0. The van der Waals surface area contributed by atoms with Gasteiger partial charge in [0.05, 0.1) is 12.3 Å². The highest BCUT2D eigenvalue weighted by atomic mass is 16.2. The molecule has 1 fully saturated rings. The number of hydrogen-bond donors (Lipinski definition) is 1. The summed E-state index contributed by atoms with van der Waals surface area (Å²) in [6, 6.07) is 9.57. The predicted octanol–water partition coefficient (Wildman–Crippen LogP) is 0.173. The van der Waals surface area contributed by atoms with E-state index >= 15 is 0 Å². The minimum atomic E-state index is -0.316. The van der Waals surface area contributed by atoms with Crippen LogP contribution in [0.2, 0.25) is 0 Å². The second-order valence-electron chi connectivity index (χ2n) is 4.06. The highest BCUT2D eigenvalue weighted by Gasteiger charge is 2.33. The lowest BCUT2D eigenvalue weighted by Gasteiger charge is -2.37. The van der Waals surface area contributed by atoms with Crippen LogP contribution in [0.25, 0.3) is 0 Å². The highest BCUT2D eigenvalue weighted by molar-refractivity contribution is 5.84. The summed E-state index contributed by atoms with van der Waals surface area (Å²) >= 11 is 0. The van der Waals surface area contributed by atoms with Crippen molar-refractivity contribution in [2.24, 2.45) is 11.7 Å². The maximum Gasteiger partial charge on any atom is 0.227 e. The van der Waals surface area contributed by atoms with Crippen molar-refractivity contribution < 1.29 is 9.59 Å². The van der Waals surface area contributed by atoms with Gasteiger partial charge in [-0.15, -0.1) is 0 Å². The Kier molecular flexibility index (Phi) is 2.90. The lowest BCUT2D eigenvalue weighted by atomic mass is 9.98. The number of nitrogens with zero attached hydrogens (tertiary/aromatic N) is 1. The van der Waals surface area contributed by atoms with E-state index in [0.29, 0.717) is 19.5 Å². The Bertz CT molecular complexity index is 397. The maximum absolute atomic E-state index is 11.7. The Morgan fingerprint density at radius 3 is 2.44 bits per heavy atom. The molecule has 1 heterocycles. The van der Waals surface area contributed by atoms with Crippen molar-refractivity contribution in [3.8, 4) is 0 Å². The molecule has 16 heavy (non-hydrogen) atoms. The lowest BCUT2D eigenvalue weighted by Crippen LogP contribution is -2.55. The SMILES string of the molecule is NC(=O)C1CN(C(=O)Cc2ccccc2)C1. The number of nitrogens with two attached hydrogens (primary N) is 1. The van der Waals surface area contributed by atoms with Gasteiger partial charge >= 0.3 is 0 Å². The van der Waals surface area contributed by atoms with Crippen molar-refractivity contribution in [2.45, 2.75) is 6.42 Å². The first kappa shape index (κ1) is 10.7. The molecular formula is C12H14N2O2. The lowest BCUT2D eigenvalue weighted by molar-refractivity contribution is -0.141. The summed E-state index contributed by atoms with van der Waals surface area (Å²) in [5.41, 5.74) is 6.13. The number of primary amides is 1. The third-order valence-electron chi connectivity index (χ3n) is 2.83. The topological polar surface area (TPSA) is 63.4 Å². The minimum Gasteiger partial charge on any atom is -0.369 e. The van der Waals surface area contributed by atoms with Crippen molar-refractivity contribution in [1.29, 1.82) is 0 Å². The van der Waals surface area contributed by atoms with Crippen LogP contribution in [0.15, 0.2) is 30.3 Å². The van der Waals surface area contributed by atoms with Crippen molar-refractivity contribution in [3.63, 3.8) is 0 Å². The second-order valence-corrected chi connectivity index (χ2v) is 4.06. The van der Waals surface area contributed by atoms with Gasteiger partial charge in [-0.05, 0) is 5.56 Å². The molecule has 1 aliphatic heterocycles. The third kappa shape index (κ3) is 2.21. The fraction of sp³-hybridized carbons (Fsp3) is 0.333. The quantitative estimate of drug-likeness (QED) is 0.786. The smallest absolute Gasteiger partial charge is 0.227 e. The van der Waals surface area contributed by atoms with Gasteiger partial charge in [-0.2, -0.15) is 0 Å². The Morgan fingerprint density at radius 1 is 1.25 bits per heavy atom. The molecule has 1 saturated heterocycles. The molecule has 0 unspecified atom stereocenters. The monoisotopic (exact) mass is 218 g/mol. The summed E-state index contributed by atoms with van der Waals surface area (Å²) in [4.78, 5) is 24.2. The van der Waals surface area contributed by atoms with Gasteiger partial charge in [0.2, 0.25) is 11.8 Å². The molecule has 4 heteroatoms. The van der Waals surface area contributed by atoms with Crippen molar-refractivity contribution >= 4 is 11.8 Å². The van der Waals surface area contributed by atoms with E-state index in [1.165, 1.54) is 0 Å². The van der Waals surface area contributed by atoms with E-state index in [9.17, 15) is 9.59 Å².